The minimum atomic E-state index is 0.520. The summed E-state index contributed by atoms with van der Waals surface area (Å²) >= 11 is 0. The SMILES string of the molecule is CCNc1nc(-n2nnc3ccccc32)c2[nH]cnc2n1. The molecule has 0 unspecified atom stereocenters. The van der Waals surface area contributed by atoms with Gasteiger partial charge in [0, 0.05) is 6.54 Å². The molecule has 21 heavy (non-hydrogen) atoms. The minimum absolute atomic E-state index is 0.520. The Bertz CT molecular complexity index is 922. The fourth-order valence-electron chi connectivity index (χ4n) is 2.23. The molecule has 0 saturated heterocycles. The van der Waals surface area contributed by atoms with Crippen molar-refractivity contribution in [2.45, 2.75) is 6.92 Å². The number of hydrogen-bond donors (Lipinski definition) is 2. The third kappa shape index (κ3) is 1.80. The number of aromatic amines is 1. The van der Waals surface area contributed by atoms with Gasteiger partial charge in [0.2, 0.25) is 5.95 Å². The number of para-hydroxylation sites is 1. The molecule has 0 amide bonds. The minimum Gasteiger partial charge on any atom is -0.354 e. The van der Waals surface area contributed by atoms with Crippen LogP contribution in [0.3, 0.4) is 0 Å². The fourth-order valence-corrected chi connectivity index (χ4v) is 2.23. The van der Waals surface area contributed by atoms with Gasteiger partial charge in [-0.1, -0.05) is 17.3 Å². The smallest absolute Gasteiger partial charge is 0.226 e. The van der Waals surface area contributed by atoms with Gasteiger partial charge < -0.3 is 10.3 Å². The molecule has 0 bridgehead atoms. The second kappa shape index (κ2) is 4.51. The van der Waals surface area contributed by atoms with Crippen LogP contribution in [-0.2, 0) is 0 Å². The molecule has 0 fully saturated rings. The Labute approximate surface area is 119 Å². The normalized spacial score (nSPS) is 11.3. The van der Waals surface area contributed by atoms with Crippen LogP contribution >= 0.6 is 0 Å². The van der Waals surface area contributed by atoms with Crippen molar-refractivity contribution in [3.8, 4) is 5.82 Å². The summed E-state index contributed by atoms with van der Waals surface area (Å²) in [4.78, 5) is 16.1. The predicted molar refractivity (Wildman–Crippen MR) is 78.3 cm³/mol. The van der Waals surface area contributed by atoms with Gasteiger partial charge in [-0.2, -0.15) is 14.6 Å². The van der Waals surface area contributed by atoms with E-state index in [2.05, 4.69) is 35.6 Å². The first-order chi connectivity index (χ1) is 10.4. The average molecular weight is 280 g/mol. The molecule has 2 N–H and O–H groups in total. The summed E-state index contributed by atoms with van der Waals surface area (Å²) in [7, 11) is 0. The lowest BCUT2D eigenvalue weighted by Crippen LogP contribution is -2.08. The molecule has 0 aliphatic rings. The van der Waals surface area contributed by atoms with Gasteiger partial charge in [-0.3, -0.25) is 0 Å². The van der Waals surface area contributed by atoms with E-state index in [1.54, 1.807) is 11.0 Å². The molecule has 8 heteroatoms. The van der Waals surface area contributed by atoms with Gasteiger partial charge in [0.25, 0.3) is 0 Å². The molecule has 0 aliphatic carbocycles. The lowest BCUT2D eigenvalue weighted by Gasteiger charge is -2.06. The highest BCUT2D eigenvalue weighted by Gasteiger charge is 2.15. The Morgan fingerprint density at radius 1 is 1.24 bits per heavy atom. The van der Waals surface area contributed by atoms with Crippen molar-refractivity contribution in [1.82, 2.24) is 34.9 Å². The summed E-state index contributed by atoms with van der Waals surface area (Å²) in [5, 5.41) is 11.5. The van der Waals surface area contributed by atoms with Crippen molar-refractivity contribution in [2.75, 3.05) is 11.9 Å². The number of nitrogens with one attached hydrogen (secondary N) is 2. The molecule has 104 valence electrons. The summed E-state index contributed by atoms with van der Waals surface area (Å²) in [5.41, 5.74) is 3.02. The number of anilines is 1. The Morgan fingerprint density at radius 2 is 2.14 bits per heavy atom. The summed E-state index contributed by atoms with van der Waals surface area (Å²) in [6, 6.07) is 7.73. The number of H-pyrrole nitrogens is 1. The number of aromatic nitrogens is 7. The van der Waals surface area contributed by atoms with Gasteiger partial charge in [0.15, 0.2) is 11.5 Å². The van der Waals surface area contributed by atoms with E-state index in [-0.39, 0.29) is 0 Å². The van der Waals surface area contributed by atoms with E-state index in [0.717, 1.165) is 23.1 Å². The monoisotopic (exact) mass is 280 g/mol. The molecule has 3 aromatic heterocycles. The Morgan fingerprint density at radius 3 is 3.05 bits per heavy atom. The van der Waals surface area contributed by atoms with Crippen LogP contribution in [0.4, 0.5) is 5.95 Å². The van der Waals surface area contributed by atoms with E-state index in [4.69, 9.17) is 0 Å². The summed E-state index contributed by atoms with van der Waals surface area (Å²) in [5.74, 6) is 1.15. The first kappa shape index (κ1) is 11.8. The number of hydrogen-bond acceptors (Lipinski definition) is 6. The lowest BCUT2D eigenvalue weighted by molar-refractivity contribution is 0.803. The zero-order valence-corrected chi connectivity index (χ0v) is 11.3. The summed E-state index contributed by atoms with van der Waals surface area (Å²) in [6.07, 6.45) is 1.59. The van der Waals surface area contributed by atoms with Crippen LogP contribution in [0.25, 0.3) is 28.0 Å². The van der Waals surface area contributed by atoms with Crippen LogP contribution in [0.2, 0.25) is 0 Å². The fraction of sp³-hybridized carbons (Fsp3) is 0.154. The molecule has 1 aromatic carbocycles. The quantitative estimate of drug-likeness (QED) is 0.590. The van der Waals surface area contributed by atoms with E-state index in [0.29, 0.717) is 17.4 Å². The van der Waals surface area contributed by atoms with Crippen LogP contribution in [0.1, 0.15) is 6.92 Å². The predicted octanol–water partition coefficient (Wildman–Crippen LogP) is 1.52. The van der Waals surface area contributed by atoms with Crippen LogP contribution < -0.4 is 5.32 Å². The van der Waals surface area contributed by atoms with Crippen molar-refractivity contribution in [3.05, 3.63) is 30.6 Å². The number of benzene rings is 1. The van der Waals surface area contributed by atoms with E-state index in [1.807, 2.05) is 31.2 Å². The van der Waals surface area contributed by atoms with Gasteiger partial charge in [-0.05, 0) is 19.1 Å². The first-order valence-electron chi connectivity index (χ1n) is 6.62. The van der Waals surface area contributed by atoms with Crippen molar-refractivity contribution in [3.63, 3.8) is 0 Å². The molecule has 0 atom stereocenters. The molecule has 0 aliphatic heterocycles. The zero-order chi connectivity index (χ0) is 14.2. The standard InChI is InChI=1S/C13H12N8/c1-2-14-13-17-11-10(15-7-16-11)12(18-13)21-9-6-4-3-5-8(9)19-20-21/h3-7H,2H2,1H3,(H2,14,15,16,17,18). The molecule has 0 saturated carbocycles. The highest BCUT2D eigenvalue weighted by molar-refractivity contribution is 5.83. The highest BCUT2D eigenvalue weighted by Crippen LogP contribution is 2.21. The molecular formula is C13H12N8. The zero-order valence-electron chi connectivity index (χ0n) is 11.3. The largest absolute Gasteiger partial charge is 0.354 e. The molecule has 0 radical (unpaired) electrons. The highest BCUT2D eigenvalue weighted by atomic mass is 15.5. The van der Waals surface area contributed by atoms with Crippen molar-refractivity contribution in [2.24, 2.45) is 0 Å². The van der Waals surface area contributed by atoms with Crippen molar-refractivity contribution in [1.29, 1.82) is 0 Å². The molecular weight excluding hydrogens is 268 g/mol. The van der Waals surface area contributed by atoms with Gasteiger partial charge in [-0.15, -0.1) is 5.10 Å². The molecule has 3 heterocycles. The van der Waals surface area contributed by atoms with E-state index < -0.39 is 0 Å². The number of fused-ring (bicyclic) bond motifs is 2. The maximum absolute atomic E-state index is 4.52. The third-order valence-electron chi connectivity index (χ3n) is 3.15. The van der Waals surface area contributed by atoms with Gasteiger partial charge in [0.1, 0.15) is 11.0 Å². The second-order valence-corrected chi connectivity index (χ2v) is 4.49. The Balaban J connectivity index is 2.02. The van der Waals surface area contributed by atoms with Crippen LogP contribution in [0, 0.1) is 0 Å². The van der Waals surface area contributed by atoms with E-state index in [1.165, 1.54) is 0 Å². The topological polar surface area (TPSA) is 97.2 Å². The van der Waals surface area contributed by atoms with E-state index >= 15 is 0 Å². The average Bonchev–Trinajstić information content (AvgIpc) is 3.13. The van der Waals surface area contributed by atoms with Gasteiger partial charge in [-0.25, -0.2) is 4.98 Å². The maximum Gasteiger partial charge on any atom is 0.226 e. The van der Waals surface area contributed by atoms with E-state index in [9.17, 15) is 0 Å². The first-order valence-corrected chi connectivity index (χ1v) is 6.62. The summed E-state index contributed by atoms with van der Waals surface area (Å²) < 4.78 is 1.69. The summed E-state index contributed by atoms with van der Waals surface area (Å²) in [6.45, 7) is 2.72. The third-order valence-corrected chi connectivity index (χ3v) is 3.15. The van der Waals surface area contributed by atoms with Crippen LogP contribution in [0.5, 0.6) is 0 Å². The van der Waals surface area contributed by atoms with Crippen LogP contribution in [-0.4, -0.2) is 41.5 Å². The Kier molecular flexibility index (Phi) is 2.53. The lowest BCUT2D eigenvalue weighted by atomic mass is 10.3. The number of rotatable bonds is 3. The van der Waals surface area contributed by atoms with Crippen molar-refractivity contribution >= 4 is 28.1 Å². The molecule has 4 aromatic rings. The molecule has 8 nitrogen and oxygen atoms in total. The van der Waals surface area contributed by atoms with Gasteiger partial charge >= 0.3 is 0 Å². The number of imidazole rings is 1. The van der Waals surface area contributed by atoms with Crippen molar-refractivity contribution < 1.29 is 0 Å². The Hall–Kier alpha value is -3.03. The molecule has 0 spiro atoms. The number of nitrogens with zero attached hydrogens (tertiary/aromatic N) is 6. The maximum atomic E-state index is 4.52. The van der Waals surface area contributed by atoms with Gasteiger partial charge in [0.05, 0.1) is 11.8 Å². The molecule has 4 rings (SSSR count). The van der Waals surface area contributed by atoms with Crippen LogP contribution in [0.15, 0.2) is 30.6 Å². The second-order valence-electron chi connectivity index (χ2n) is 4.49.